The summed E-state index contributed by atoms with van der Waals surface area (Å²) in [6.07, 6.45) is -2.96. The lowest BCUT2D eigenvalue weighted by atomic mass is 9.69. The van der Waals surface area contributed by atoms with Crippen LogP contribution in [0.25, 0.3) is 0 Å². The number of carbonyl (C=O) groups is 1. The van der Waals surface area contributed by atoms with Crippen molar-refractivity contribution >= 4 is 37.6 Å². The van der Waals surface area contributed by atoms with Gasteiger partial charge in [-0.05, 0) is 54.3 Å². The molecule has 4 rings (SSSR count). The van der Waals surface area contributed by atoms with E-state index in [1.54, 1.807) is 42.5 Å². The summed E-state index contributed by atoms with van der Waals surface area (Å²) in [5.74, 6) is -0.987. The van der Waals surface area contributed by atoms with Crippen molar-refractivity contribution in [2.45, 2.75) is 74.9 Å². The Hall–Kier alpha value is -3.65. The molecule has 0 spiro atoms. The van der Waals surface area contributed by atoms with E-state index in [2.05, 4.69) is 14.8 Å². The highest BCUT2D eigenvalue weighted by Crippen LogP contribution is 2.49. The highest BCUT2D eigenvalue weighted by Gasteiger charge is 2.49. The van der Waals surface area contributed by atoms with Crippen LogP contribution in [0.2, 0.25) is 0 Å². The number of unbranched alkanes of at least 4 members (excludes halogenated alkanes) is 1. The Morgan fingerprint density at radius 2 is 1.69 bits per heavy atom. The second-order valence-corrected chi connectivity index (χ2v) is 16.5. The lowest BCUT2D eigenvalue weighted by Gasteiger charge is -2.39. The van der Waals surface area contributed by atoms with Crippen LogP contribution in [0.15, 0.2) is 83.8 Å². The first kappa shape index (κ1) is 45.7. The molecule has 1 aliphatic heterocycles. The summed E-state index contributed by atoms with van der Waals surface area (Å²) >= 11 is 0. The lowest BCUT2D eigenvalue weighted by Crippen LogP contribution is -2.53. The number of carbonyl (C=O) groups excluding carboxylic acids is 1. The van der Waals surface area contributed by atoms with E-state index in [1.807, 2.05) is 69.2 Å². The molecule has 0 aliphatic carbocycles. The zero-order valence-corrected chi connectivity index (χ0v) is 33.5. The van der Waals surface area contributed by atoms with Gasteiger partial charge in [-0.25, -0.2) is 17.4 Å². The van der Waals surface area contributed by atoms with E-state index >= 15 is 0 Å². The minimum absolute atomic E-state index is 0. The van der Waals surface area contributed by atoms with Gasteiger partial charge in [0.15, 0.2) is 16.1 Å². The Kier molecular flexibility index (Phi) is 17.5. The molecule has 6 atom stereocenters. The zero-order chi connectivity index (χ0) is 40.8. The standard InChI is InChI=1S/C32H49N3O12S2.C6H6.2H2/c1-6-8-14-32(7-2)20-48(40,41)26-13-12-23(35(3)4)18-24(26)27(29(32)38)21-10-9-11-22(17-21)33-31(39)34-30(28(37)25(19-36)45-5)46-15-16-47-49(42,43)44;1-2-4-6-5-3-1;;/h9-13,17-18,25,27-30,36-38H,6-8,14-16,19-20H2,1-5H3,(H2,33,34,39)(H,42,43,44);1-6H;2*1H/t25-,27+,28+,29+,30+,32+;;;/m0.../s1. The molecule has 2 amide bonds. The molecule has 55 heavy (non-hydrogen) atoms. The number of benzene rings is 3. The molecule has 3 aromatic rings. The molecule has 0 bridgehead atoms. The summed E-state index contributed by atoms with van der Waals surface area (Å²) < 4.78 is 73.0. The highest BCUT2D eigenvalue weighted by atomic mass is 32.3. The van der Waals surface area contributed by atoms with Crippen LogP contribution in [-0.4, -0.2) is 114 Å². The summed E-state index contributed by atoms with van der Waals surface area (Å²) in [6, 6.07) is 22.9. The van der Waals surface area contributed by atoms with Crippen LogP contribution in [0.1, 0.15) is 59.4 Å². The third-order valence-corrected chi connectivity index (χ3v) is 12.0. The van der Waals surface area contributed by atoms with Crippen LogP contribution in [-0.2, 0) is 33.9 Å². The molecule has 6 N–H and O–H groups in total. The molecular weight excluding hydrogens is 755 g/mol. The second-order valence-electron chi connectivity index (χ2n) is 13.5. The number of amides is 2. The van der Waals surface area contributed by atoms with E-state index in [0.717, 1.165) is 18.5 Å². The summed E-state index contributed by atoms with van der Waals surface area (Å²) in [6.45, 7) is 2.13. The fourth-order valence-electron chi connectivity index (χ4n) is 6.55. The Morgan fingerprint density at radius 1 is 1.04 bits per heavy atom. The van der Waals surface area contributed by atoms with Crippen molar-refractivity contribution in [3.63, 3.8) is 0 Å². The third kappa shape index (κ3) is 12.9. The Bertz CT molecular complexity index is 1850. The van der Waals surface area contributed by atoms with Gasteiger partial charge in [0, 0.05) is 46.8 Å². The van der Waals surface area contributed by atoms with E-state index in [1.165, 1.54) is 7.11 Å². The van der Waals surface area contributed by atoms with E-state index in [0.29, 0.717) is 24.0 Å². The molecule has 0 unspecified atom stereocenters. The number of aliphatic hydroxyl groups is 3. The number of sulfone groups is 1. The average molecular weight is 814 g/mol. The maximum atomic E-state index is 13.9. The summed E-state index contributed by atoms with van der Waals surface area (Å²) in [5, 5.41) is 37.6. The van der Waals surface area contributed by atoms with Gasteiger partial charge in [0.2, 0.25) is 0 Å². The first-order valence-electron chi connectivity index (χ1n) is 18.0. The SMILES string of the molecule is CCCC[C@]1(CC)CS(=O)(=O)c2ccc(N(C)C)cc2[C@@H](c2cccc(NC(=O)N[C@H](OCCOS(=O)(=O)O)[C@H](O)[C@H](CO)OC)c2)[C@H]1O.[HH].[HH].c1ccccc1. The minimum atomic E-state index is -4.76. The predicted octanol–water partition coefficient (Wildman–Crippen LogP) is 4.45. The molecule has 1 aliphatic rings. The number of fused-ring (bicyclic) bond motifs is 1. The highest BCUT2D eigenvalue weighted by molar-refractivity contribution is 7.91. The average Bonchev–Trinajstić information content (AvgIpc) is 3.22. The van der Waals surface area contributed by atoms with Gasteiger partial charge < -0.3 is 40.3 Å². The van der Waals surface area contributed by atoms with E-state index in [-0.39, 0.29) is 19.2 Å². The van der Waals surface area contributed by atoms with Crippen molar-refractivity contribution in [2.75, 3.05) is 57.0 Å². The quantitative estimate of drug-likeness (QED) is 0.0631. The number of nitrogens with zero attached hydrogens (tertiary/aromatic N) is 1. The van der Waals surface area contributed by atoms with Crippen molar-refractivity contribution in [3.05, 3.63) is 90.0 Å². The van der Waals surface area contributed by atoms with Crippen LogP contribution in [0.3, 0.4) is 0 Å². The molecule has 310 valence electrons. The van der Waals surface area contributed by atoms with Gasteiger partial charge in [-0.15, -0.1) is 0 Å². The molecule has 17 heteroatoms. The van der Waals surface area contributed by atoms with Crippen LogP contribution < -0.4 is 15.5 Å². The number of aliphatic hydroxyl groups excluding tert-OH is 3. The number of methoxy groups -OCH3 is 1. The number of rotatable bonds is 17. The van der Waals surface area contributed by atoms with Crippen LogP contribution in [0.5, 0.6) is 0 Å². The number of ether oxygens (including phenoxy) is 2. The predicted molar refractivity (Wildman–Crippen MR) is 213 cm³/mol. The number of urea groups is 1. The van der Waals surface area contributed by atoms with Gasteiger partial charge in [-0.3, -0.25) is 4.55 Å². The first-order chi connectivity index (χ1) is 26.0. The molecule has 0 aromatic heterocycles. The molecule has 0 saturated heterocycles. The number of hydrogen-bond acceptors (Lipinski definition) is 12. The van der Waals surface area contributed by atoms with Crippen molar-refractivity contribution in [1.29, 1.82) is 0 Å². The van der Waals surface area contributed by atoms with E-state index in [4.69, 9.17) is 14.0 Å². The Labute approximate surface area is 327 Å². The van der Waals surface area contributed by atoms with Crippen LogP contribution >= 0.6 is 0 Å². The monoisotopic (exact) mass is 813 g/mol. The topological polar surface area (TPSA) is 221 Å². The smallest absolute Gasteiger partial charge is 0.394 e. The minimum Gasteiger partial charge on any atom is -0.394 e. The fraction of sp³-hybridized carbons (Fsp3) is 0.500. The van der Waals surface area contributed by atoms with Crippen molar-refractivity contribution in [2.24, 2.45) is 5.41 Å². The van der Waals surface area contributed by atoms with Gasteiger partial charge >= 0.3 is 16.4 Å². The van der Waals surface area contributed by atoms with Gasteiger partial charge in [0.05, 0.1) is 36.6 Å². The first-order valence-corrected chi connectivity index (χ1v) is 21.0. The Balaban J connectivity index is 0.00000185. The molecule has 15 nitrogen and oxygen atoms in total. The molecule has 0 fully saturated rings. The van der Waals surface area contributed by atoms with Gasteiger partial charge in [-0.2, -0.15) is 8.42 Å². The number of nitrogens with one attached hydrogen (secondary N) is 2. The number of anilines is 2. The molecule has 3 aromatic carbocycles. The van der Waals surface area contributed by atoms with Crippen LogP contribution in [0.4, 0.5) is 16.2 Å². The zero-order valence-electron chi connectivity index (χ0n) is 31.9. The second kappa shape index (κ2) is 21.0. The summed E-state index contributed by atoms with van der Waals surface area (Å²) in [5.41, 5.74) is 1.08. The molecule has 0 saturated carbocycles. The number of hydrogen-bond donors (Lipinski definition) is 6. The van der Waals surface area contributed by atoms with Crippen molar-refractivity contribution < 1.29 is 58.0 Å². The Morgan fingerprint density at radius 3 is 2.24 bits per heavy atom. The lowest BCUT2D eigenvalue weighted by molar-refractivity contribution is -0.122. The summed E-state index contributed by atoms with van der Waals surface area (Å²) in [4.78, 5) is 15.2. The third-order valence-electron chi connectivity index (χ3n) is 9.56. The molecule has 1 heterocycles. The normalized spacial score (nSPS) is 20.7. The van der Waals surface area contributed by atoms with Crippen LogP contribution in [0, 0.1) is 5.41 Å². The maximum Gasteiger partial charge on any atom is 0.397 e. The van der Waals surface area contributed by atoms with Crippen molar-refractivity contribution in [3.8, 4) is 0 Å². The largest absolute Gasteiger partial charge is 0.397 e. The van der Waals surface area contributed by atoms with Crippen molar-refractivity contribution in [1.82, 2.24) is 5.32 Å². The van der Waals surface area contributed by atoms with E-state index in [9.17, 15) is 36.9 Å². The summed E-state index contributed by atoms with van der Waals surface area (Å²) in [7, 11) is -3.67. The van der Waals surface area contributed by atoms with Gasteiger partial charge in [0.25, 0.3) is 0 Å². The molecular formula is C38H59N3O12S2. The van der Waals surface area contributed by atoms with Gasteiger partial charge in [-0.1, -0.05) is 75.2 Å². The fourth-order valence-corrected chi connectivity index (χ4v) is 9.08. The van der Waals surface area contributed by atoms with E-state index < -0.39 is 82.0 Å². The maximum absolute atomic E-state index is 13.9. The molecule has 0 radical (unpaired) electrons. The van der Waals surface area contributed by atoms with Gasteiger partial charge in [0.1, 0.15) is 12.2 Å².